The smallest absolute Gasteiger partial charge is 0.259 e. The molecule has 1 aromatic carbocycles. The van der Waals surface area contributed by atoms with Crippen molar-refractivity contribution in [1.29, 1.82) is 5.26 Å². The number of hydrogen-bond acceptors (Lipinski definition) is 4. The number of methoxy groups -OCH3 is 1. The minimum absolute atomic E-state index is 0.356. The largest absolute Gasteiger partial charge is 0.494 e. The number of rotatable bonds is 3. The minimum Gasteiger partial charge on any atom is -0.494 e. The number of carbonyl (C=O) groups is 1. The van der Waals surface area contributed by atoms with E-state index in [1.165, 1.54) is 19.5 Å². The van der Waals surface area contributed by atoms with Crippen LogP contribution >= 0.6 is 15.9 Å². The van der Waals surface area contributed by atoms with E-state index in [2.05, 4.69) is 26.2 Å². The molecule has 0 aliphatic rings. The molecule has 0 saturated heterocycles. The zero-order chi connectivity index (χ0) is 14.5. The van der Waals surface area contributed by atoms with Crippen LogP contribution in [0.1, 0.15) is 15.9 Å². The molecule has 1 amide bonds. The summed E-state index contributed by atoms with van der Waals surface area (Å²) in [6.45, 7) is 0. The van der Waals surface area contributed by atoms with Gasteiger partial charge in [0, 0.05) is 10.7 Å². The average molecular weight is 332 g/mol. The van der Waals surface area contributed by atoms with E-state index in [9.17, 15) is 4.79 Å². The van der Waals surface area contributed by atoms with Crippen LogP contribution in [-0.4, -0.2) is 18.0 Å². The predicted molar refractivity (Wildman–Crippen MR) is 77.6 cm³/mol. The molecule has 0 spiro atoms. The van der Waals surface area contributed by atoms with Crippen LogP contribution < -0.4 is 10.1 Å². The number of nitriles is 1. The first-order valence-corrected chi connectivity index (χ1v) is 6.44. The number of nitrogens with one attached hydrogen (secondary N) is 1. The molecule has 1 N–H and O–H groups in total. The lowest BCUT2D eigenvalue weighted by Gasteiger charge is -2.09. The Bertz CT molecular complexity index is 695. The molecule has 1 heterocycles. The molecule has 0 bridgehead atoms. The topological polar surface area (TPSA) is 75.0 Å². The van der Waals surface area contributed by atoms with Crippen molar-refractivity contribution < 1.29 is 9.53 Å². The van der Waals surface area contributed by atoms with Crippen LogP contribution in [-0.2, 0) is 0 Å². The van der Waals surface area contributed by atoms with Crippen molar-refractivity contribution in [2.45, 2.75) is 0 Å². The van der Waals surface area contributed by atoms with E-state index >= 15 is 0 Å². The quantitative estimate of drug-likeness (QED) is 0.938. The fourth-order valence-electron chi connectivity index (χ4n) is 1.64. The molecule has 0 fully saturated rings. The van der Waals surface area contributed by atoms with Crippen LogP contribution in [0.5, 0.6) is 5.75 Å². The highest BCUT2D eigenvalue weighted by molar-refractivity contribution is 9.10. The molecule has 0 saturated carbocycles. The first kappa shape index (κ1) is 14.0. The monoisotopic (exact) mass is 331 g/mol. The van der Waals surface area contributed by atoms with E-state index in [0.717, 1.165) is 4.47 Å². The van der Waals surface area contributed by atoms with E-state index in [1.807, 2.05) is 6.07 Å². The lowest BCUT2D eigenvalue weighted by atomic mass is 10.1. The number of pyridine rings is 1. The third kappa shape index (κ3) is 2.95. The van der Waals surface area contributed by atoms with Gasteiger partial charge >= 0.3 is 0 Å². The van der Waals surface area contributed by atoms with Gasteiger partial charge in [-0.15, -0.1) is 0 Å². The van der Waals surface area contributed by atoms with Crippen molar-refractivity contribution in [3.8, 4) is 11.8 Å². The molecule has 2 aromatic rings. The maximum absolute atomic E-state index is 12.2. The fourth-order valence-corrected chi connectivity index (χ4v) is 2.00. The number of amides is 1. The summed E-state index contributed by atoms with van der Waals surface area (Å²) in [5.74, 6) is 0.0173. The van der Waals surface area contributed by atoms with Gasteiger partial charge in [-0.2, -0.15) is 5.26 Å². The Labute approximate surface area is 124 Å². The van der Waals surface area contributed by atoms with Gasteiger partial charge in [-0.05, 0) is 24.3 Å². The Morgan fingerprint density at radius 1 is 1.45 bits per heavy atom. The number of aromatic nitrogens is 1. The van der Waals surface area contributed by atoms with Crippen LogP contribution in [0.3, 0.4) is 0 Å². The summed E-state index contributed by atoms with van der Waals surface area (Å²) in [6.07, 6.45) is 2.96. The Morgan fingerprint density at radius 3 is 2.95 bits per heavy atom. The molecule has 0 radical (unpaired) electrons. The second-order valence-electron chi connectivity index (χ2n) is 3.83. The van der Waals surface area contributed by atoms with Gasteiger partial charge in [0.1, 0.15) is 11.8 Å². The van der Waals surface area contributed by atoms with Gasteiger partial charge < -0.3 is 10.1 Å². The molecule has 1 aromatic heterocycles. The molecule has 0 atom stereocenters. The van der Waals surface area contributed by atoms with Crippen LogP contribution in [0, 0.1) is 11.3 Å². The highest BCUT2D eigenvalue weighted by atomic mass is 79.9. The summed E-state index contributed by atoms with van der Waals surface area (Å²) in [6, 6.07) is 8.64. The molecule has 100 valence electrons. The summed E-state index contributed by atoms with van der Waals surface area (Å²) in [7, 11) is 1.47. The lowest BCUT2D eigenvalue weighted by molar-refractivity contribution is 0.102. The number of benzene rings is 1. The van der Waals surface area contributed by atoms with Crippen molar-refractivity contribution in [2.24, 2.45) is 0 Å². The molecular weight excluding hydrogens is 322 g/mol. The summed E-state index contributed by atoms with van der Waals surface area (Å²) >= 11 is 3.28. The molecule has 0 aliphatic heterocycles. The van der Waals surface area contributed by atoms with Gasteiger partial charge in [0.15, 0.2) is 0 Å². The number of ether oxygens (including phenoxy) is 1. The van der Waals surface area contributed by atoms with Crippen LogP contribution in [0.4, 0.5) is 5.69 Å². The van der Waals surface area contributed by atoms with Gasteiger partial charge in [0.05, 0.1) is 30.1 Å². The maximum Gasteiger partial charge on any atom is 0.259 e. The highest BCUT2D eigenvalue weighted by Crippen LogP contribution is 2.22. The van der Waals surface area contributed by atoms with E-state index in [-0.39, 0.29) is 5.91 Å². The van der Waals surface area contributed by atoms with Crippen molar-refractivity contribution in [1.82, 2.24) is 4.98 Å². The molecule has 0 aliphatic carbocycles. The Morgan fingerprint density at radius 2 is 2.25 bits per heavy atom. The summed E-state index contributed by atoms with van der Waals surface area (Å²) in [4.78, 5) is 16.1. The first-order valence-electron chi connectivity index (χ1n) is 5.64. The van der Waals surface area contributed by atoms with Gasteiger partial charge in [-0.1, -0.05) is 15.9 Å². The molecular formula is C14H10BrN3O2. The van der Waals surface area contributed by atoms with Crippen LogP contribution in [0.25, 0.3) is 0 Å². The highest BCUT2D eigenvalue weighted by Gasteiger charge is 2.14. The second-order valence-corrected chi connectivity index (χ2v) is 4.75. The van der Waals surface area contributed by atoms with Crippen molar-refractivity contribution in [3.63, 3.8) is 0 Å². The minimum atomic E-state index is -0.358. The Kier molecular flexibility index (Phi) is 4.33. The molecule has 0 unspecified atom stereocenters. The average Bonchev–Trinajstić information content (AvgIpc) is 2.48. The van der Waals surface area contributed by atoms with Crippen LogP contribution in [0.15, 0.2) is 41.1 Å². The zero-order valence-electron chi connectivity index (χ0n) is 10.6. The van der Waals surface area contributed by atoms with Gasteiger partial charge in [0.25, 0.3) is 5.91 Å². The van der Waals surface area contributed by atoms with E-state index in [4.69, 9.17) is 10.00 Å². The third-order valence-electron chi connectivity index (χ3n) is 2.60. The molecule has 20 heavy (non-hydrogen) atoms. The predicted octanol–water partition coefficient (Wildman–Crippen LogP) is 2.98. The van der Waals surface area contributed by atoms with Gasteiger partial charge in [-0.3, -0.25) is 9.78 Å². The lowest BCUT2D eigenvalue weighted by Crippen LogP contribution is -2.14. The fraction of sp³-hybridized carbons (Fsp3) is 0.0714. The number of anilines is 1. The van der Waals surface area contributed by atoms with E-state index in [1.54, 1.807) is 24.3 Å². The molecule has 6 heteroatoms. The number of carbonyl (C=O) groups excluding carboxylic acids is 1. The summed E-state index contributed by atoms with van der Waals surface area (Å²) in [5.41, 5.74) is 1.18. The summed E-state index contributed by atoms with van der Waals surface area (Å²) in [5, 5.41) is 11.8. The van der Waals surface area contributed by atoms with Crippen LogP contribution in [0.2, 0.25) is 0 Å². The van der Waals surface area contributed by atoms with Gasteiger partial charge in [-0.25, -0.2) is 0 Å². The zero-order valence-corrected chi connectivity index (χ0v) is 12.1. The third-order valence-corrected chi connectivity index (χ3v) is 3.09. The normalized spacial score (nSPS) is 9.65. The Hall–Kier alpha value is -2.39. The molecule has 2 rings (SSSR count). The maximum atomic E-state index is 12.2. The first-order chi connectivity index (χ1) is 9.65. The SMILES string of the molecule is COc1cnccc1C(=O)Nc1ccc(Br)cc1C#N. The van der Waals surface area contributed by atoms with Crippen molar-refractivity contribution >= 4 is 27.5 Å². The number of nitrogens with zero attached hydrogens (tertiary/aromatic N) is 2. The van der Waals surface area contributed by atoms with Crippen molar-refractivity contribution in [2.75, 3.05) is 12.4 Å². The van der Waals surface area contributed by atoms with E-state index in [0.29, 0.717) is 22.6 Å². The number of halogens is 1. The number of hydrogen-bond donors (Lipinski definition) is 1. The second kappa shape index (κ2) is 6.17. The Balaban J connectivity index is 2.31. The summed E-state index contributed by atoms with van der Waals surface area (Å²) < 4.78 is 5.86. The standard InChI is InChI=1S/C14H10BrN3O2/c1-20-13-8-17-5-4-11(13)14(19)18-12-3-2-10(15)6-9(12)7-16/h2-6,8H,1H3,(H,18,19). The van der Waals surface area contributed by atoms with Crippen molar-refractivity contribution in [3.05, 3.63) is 52.3 Å². The van der Waals surface area contributed by atoms with E-state index < -0.39 is 0 Å². The van der Waals surface area contributed by atoms with Gasteiger partial charge in [0.2, 0.25) is 0 Å². The molecule has 5 nitrogen and oxygen atoms in total.